The summed E-state index contributed by atoms with van der Waals surface area (Å²) in [7, 11) is 4.26. The van der Waals surface area contributed by atoms with Gasteiger partial charge in [-0.15, -0.1) is 0 Å². The highest BCUT2D eigenvalue weighted by atomic mass is 15.3. The molecule has 1 atom stereocenters. The molecule has 106 valence electrons. The minimum Gasteiger partial charge on any atom is -0.384 e. The lowest BCUT2D eigenvalue weighted by Crippen LogP contribution is -2.45. The molecule has 0 radical (unpaired) electrons. The lowest BCUT2D eigenvalue weighted by molar-refractivity contribution is 0.109. The van der Waals surface area contributed by atoms with E-state index in [9.17, 15) is 0 Å². The third-order valence-electron chi connectivity index (χ3n) is 3.68. The van der Waals surface area contributed by atoms with E-state index in [0.717, 1.165) is 31.2 Å². The van der Waals surface area contributed by atoms with Crippen molar-refractivity contribution in [3.8, 4) is 0 Å². The zero-order valence-electron chi connectivity index (χ0n) is 12.6. The number of hydrogen-bond donors (Lipinski definition) is 1. The molecule has 2 rings (SSSR count). The van der Waals surface area contributed by atoms with Crippen molar-refractivity contribution < 1.29 is 0 Å². The molecule has 2 heterocycles. The maximum atomic E-state index is 5.96. The predicted molar refractivity (Wildman–Crippen MR) is 78.0 cm³/mol. The van der Waals surface area contributed by atoms with Gasteiger partial charge in [0.15, 0.2) is 0 Å². The fourth-order valence-corrected chi connectivity index (χ4v) is 2.31. The van der Waals surface area contributed by atoms with E-state index in [1.54, 1.807) is 0 Å². The number of hydrogen-bond acceptors (Lipinski definition) is 5. The van der Waals surface area contributed by atoms with Gasteiger partial charge in [0.05, 0.1) is 11.7 Å². The van der Waals surface area contributed by atoms with E-state index in [1.165, 1.54) is 0 Å². The van der Waals surface area contributed by atoms with Gasteiger partial charge < -0.3 is 10.6 Å². The Balaban J connectivity index is 2.36. The van der Waals surface area contributed by atoms with Crippen LogP contribution in [0.2, 0.25) is 0 Å². The van der Waals surface area contributed by atoms with Crippen LogP contribution in [0, 0.1) is 0 Å². The zero-order valence-corrected chi connectivity index (χ0v) is 12.6. The zero-order chi connectivity index (χ0) is 14.2. The van der Waals surface area contributed by atoms with E-state index < -0.39 is 0 Å². The van der Waals surface area contributed by atoms with Crippen molar-refractivity contribution >= 4 is 5.82 Å². The Labute approximate surface area is 115 Å². The van der Waals surface area contributed by atoms with Crippen LogP contribution in [0.25, 0.3) is 0 Å². The minimum absolute atomic E-state index is 0.00898. The third-order valence-corrected chi connectivity index (χ3v) is 3.68. The molecule has 1 aliphatic rings. The van der Waals surface area contributed by atoms with Crippen LogP contribution in [0.15, 0.2) is 6.07 Å². The molecule has 0 saturated carbocycles. The molecule has 1 fully saturated rings. The highest BCUT2D eigenvalue weighted by Crippen LogP contribution is 2.26. The van der Waals surface area contributed by atoms with Crippen molar-refractivity contribution in [1.82, 2.24) is 19.8 Å². The van der Waals surface area contributed by atoms with Crippen molar-refractivity contribution in [3.05, 3.63) is 17.6 Å². The van der Waals surface area contributed by atoms with Gasteiger partial charge in [0.2, 0.25) is 0 Å². The van der Waals surface area contributed by atoms with Gasteiger partial charge in [-0.05, 0) is 14.1 Å². The van der Waals surface area contributed by atoms with Crippen LogP contribution < -0.4 is 5.73 Å². The number of nitrogen functional groups attached to an aromatic ring is 1. The van der Waals surface area contributed by atoms with E-state index in [0.29, 0.717) is 5.82 Å². The molecule has 2 N–H and O–H groups in total. The predicted octanol–water partition coefficient (Wildman–Crippen LogP) is 1.27. The maximum Gasteiger partial charge on any atom is 0.149 e. The summed E-state index contributed by atoms with van der Waals surface area (Å²) in [4.78, 5) is 13.8. The standard InChI is InChI=1S/C14H25N5/c1-14(2,3)11-8-12(15)17-13(16-11)10-9-18(4)6-7-19(10)5/h8,10H,6-7,9H2,1-5H3,(H2,15,16,17). The first-order valence-corrected chi connectivity index (χ1v) is 6.81. The Bertz CT molecular complexity index is 452. The second-order valence-electron chi connectivity index (χ2n) is 6.54. The number of likely N-dealkylation sites (N-methyl/N-ethyl adjacent to an activating group) is 2. The first-order chi connectivity index (χ1) is 8.77. The summed E-state index contributed by atoms with van der Waals surface area (Å²) in [6, 6.07) is 2.11. The molecule has 1 aliphatic heterocycles. The average molecular weight is 263 g/mol. The number of aromatic nitrogens is 2. The van der Waals surface area contributed by atoms with Gasteiger partial charge in [-0.25, -0.2) is 9.97 Å². The van der Waals surface area contributed by atoms with Crippen molar-refractivity contribution in [2.45, 2.75) is 32.2 Å². The Morgan fingerprint density at radius 1 is 1.21 bits per heavy atom. The third kappa shape index (κ3) is 3.22. The van der Waals surface area contributed by atoms with Gasteiger partial charge in [0.1, 0.15) is 11.6 Å². The smallest absolute Gasteiger partial charge is 0.149 e. The van der Waals surface area contributed by atoms with Crippen molar-refractivity contribution in [2.24, 2.45) is 0 Å². The van der Waals surface area contributed by atoms with E-state index in [1.807, 2.05) is 6.07 Å². The highest BCUT2D eigenvalue weighted by molar-refractivity contribution is 5.33. The average Bonchev–Trinajstić information content (AvgIpc) is 2.30. The number of nitrogens with zero attached hydrogens (tertiary/aromatic N) is 4. The normalized spacial score (nSPS) is 22.7. The molecule has 0 aromatic carbocycles. The Kier molecular flexibility index (Phi) is 3.78. The van der Waals surface area contributed by atoms with Crippen LogP contribution in [-0.4, -0.2) is 53.5 Å². The van der Waals surface area contributed by atoms with Crippen LogP contribution in [0.1, 0.15) is 38.3 Å². The molecule has 1 unspecified atom stereocenters. The summed E-state index contributed by atoms with van der Waals surface area (Å²) in [5.41, 5.74) is 6.96. The molecule has 19 heavy (non-hydrogen) atoms. The van der Waals surface area contributed by atoms with Crippen molar-refractivity contribution in [1.29, 1.82) is 0 Å². The number of rotatable bonds is 1. The molecule has 1 saturated heterocycles. The van der Waals surface area contributed by atoms with Crippen LogP contribution in [-0.2, 0) is 5.41 Å². The second-order valence-corrected chi connectivity index (χ2v) is 6.54. The molecule has 0 amide bonds. The topological polar surface area (TPSA) is 58.3 Å². The van der Waals surface area contributed by atoms with E-state index in [-0.39, 0.29) is 11.5 Å². The van der Waals surface area contributed by atoms with E-state index in [4.69, 9.17) is 10.7 Å². The Morgan fingerprint density at radius 2 is 1.89 bits per heavy atom. The second kappa shape index (κ2) is 5.06. The molecule has 1 aromatic heterocycles. The molecule has 0 bridgehead atoms. The van der Waals surface area contributed by atoms with Gasteiger partial charge in [0.25, 0.3) is 0 Å². The van der Waals surface area contributed by atoms with Crippen LogP contribution in [0.5, 0.6) is 0 Å². The quantitative estimate of drug-likeness (QED) is 0.827. The van der Waals surface area contributed by atoms with Gasteiger partial charge in [-0.3, -0.25) is 4.90 Å². The number of piperazine rings is 1. The molecular formula is C14H25N5. The number of nitrogens with two attached hydrogens (primary N) is 1. The fraction of sp³-hybridized carbons (Fsp3) is 0.714. The van der Waals surface area contributed by atoms with Crippen LogP contribution in [0.3, 0.4) is 0 Å². The SMILES string of the molecule is CN1CCN(C)C(c2nc(N)cc(C(C)(C)C)n2)C1. The van der Waals surface area contributed by atoms with Gasteiger partial charge in [-0.1, -0.05) is 20.8 Å². The monoisotopic (exact) mass is 263 g/mol. The van der Waals surface area contributed by atoms with Gasteiger partial charge in [-0.2, -0.15) is 0 Å². The molecule has 5 nitrogen and oxygen atoms in total. The van der Waals surface area contributed by atoms with Crippen LogP contribution in [0.4, 0.5) is 5.82 Å². The first kappa shape index (κ1) is 14.2. The van der Waals surface area contributed by atoms with E-state index >= 15 is 0 Å². The first-order valence-electron chi connectivity index (χ1n) is 6.81. The molecule has 5 heteroatoms. The van der Waals surface area contributed by atoms with Crippen molar-refractivity contribution in [2.75, 3.05) is 39.5 Å². The Morgan fingerprint density at radius 3 is 2.53 bits per heavy atom. The summed E-state index contributed by atoms with van der Waals surface area (Å²) in [5.74, 6) is 1.41. The van der Waals surface area contributed by atoms with E-state index in [2.05, 4.69) is 49.7 Å². The minimum atomic E-state index is -0.00898. The Hall–Kier alpha value is -1.20. The summed E-state index contributed by atoms with van der Waals surface area (Å²) >= 11 is 0. The van der Waals surface area contributed by atoms with Gasteiger partial charge >= 0.3 is 0 Å². The lowest BCUT2D eigenvalue weighted by Gasteiger charge is -2.37. The molecule has 1 aromatic rings. The fourth-order valence-electron chi connectivity index (χ4n) is 2.31. The lowest BCUT2D eigenvalue weighted by atomic mass is 9.91. The molecule has 0 aliphatic carbocycles. The summed E-state index contributed by atoms with van der Waals surface area (Å²) in [6.07, 6.45) is 0. The van der Waals surface area contributed by atoms with Crippen molar-refractivity contribution in [3.63, 3.8) is 0 Å². The van der Waals surface area contributed by atoms with Gasteiger partial charge in [0, 0.05) is 31.1 Å². The van der Waals surface area contributed by atoms with Crippen LogP contribution >= 0.6 is 0 Å². The summed E-state index contributed by atoms with van der Waals surface area (Å²) in [5, 5.41) is 0. The number of anilines is 1. The largest absolute Gasteiger partial charge is 0.384 e. The summed E-state index contributed by atoms with van der Waals surface area (Å²) in [6.45, 7) is 9.51. The molecular weight excluding hydrogens is 238 g/mol. The maximum absolute atomic E-state index is 5.96. The summed E-state index contributed by atoms with van der Waals surface area (Å²) < 4.78 is 0. The highest BCUT2D eigenvalue weighted by Gasteiger charge is 2.27. The molecule has 0 spiro atoms.